The molecule has 0 aliphatic heterocycles. The first-order chi connectivity index (χ1) is 23.2. The molecule has 2 aromatic heterocycles. The van der Waals surface area contributed by atoms with Gasteiger partial charge in [-0.15, -0.1) is 0 Å². The van der Waals surface area contributed by atoms with Crippen LogP contribution in [0.4, 0.5) is 5.69 Å². The van der Waals surface area contributed by atoms with Crippen LogP contribution in [0.1, 0.15) is 22.3 Å². The van der Waals surface area contributed by atoms with E-state index in [0.29, 0.717) is 5.69 Å². The summed E-state index contributed by atoms with van der Waals surface area (Å²) in [5.74, 6) is 0. The summed E-state index contributed by atoms with van der Waals surface area (Å²) in [5, 5.41) is 2.17. The van der Waals surface area contributed by atoms with Gasteiger partial charge < -0.3 is 0 Å². The second kappa shape index (κ2) is 9.57. The summed E-state index contributed by atoms with van der Waals surface area (Å²) in [6.07, 6.45) is 1.84. The molecule has 1 spiro atoms. The number of aromatic nitrogens is 2. The minimum absolute atomic E-state index is 0.481. The normalized spacial score (nSPS) is 13.3. The highest BCUT2D eigenvalue weighted by Gasteiger charge is 2.51. The highest BCUT2D eigenvalue weighted by atomic mass is 14.8. The number of nitrogens with zero attached hydrogens (tertiary/aromatic N) is 3. The van der Waals surface area contributed by atoms with E-state index in [2.05, 4.69) is 132 Å². The van der Waals surface area contributed by atoms with E-state index >= 15 is 0 Å². The van der Waals surface area contributed by atoms with E-state index in [4.69, 9.17) is 16.5 Å². The third-order valence-corrected chi connectivity index (χ3v) is 10.1. The van der Waals surface area contributed by atoms with E-state index in [9.17, 15) is 0 Å². The smallest absolute Gasteiger partial charge is 0.187 e. The molecule has 0 atom stereocenters. The molecule has 0 amide bonds. The number of hydrogen-bond donors (Lipinski definition) is 0. The maximum absolute atomic E-state index is 7.41. The fraction of sp³-hybridized carbons (Fsp3) is 0.0227. The fourth-order valence-electron chi connectivity index (χ4n) is 8.09. The molecule has 6 aromatic carbocycles. The SMILES string of the molecule is [C-]#[N+]c1ccc(-c2ccc3c(c2)C2(c4ccccc4-c4ccccc42)c2cc(-c4ccc5ccc6cccnc6c5n4)ccc2-3)cc1. The largest absolute Gasteiger partial charge is 0.254 e. The van der Waals surface area contributed by atoms with Crippen LogP contribution in [0.2, 0.25) is 0 Å². The first-order valence-corrected chi connectivity index (χ1v) is 15.9. The zero-order valence-corrected chi connectivity index (χ0v) is 25.3. The molecule has 0 bridgehead atoms. The average molecular weight is 596 g/mol. The van der Waals surface area contributed by atoms with Crippen molar-refractivity contribution in [1.82, 2.24) is 9.97 Å². The lowest BCUT2D eigenvalue weighted by Gasteiger charge is -2.31. The predicted molar refractivity (Wildman–Crippen MR) is 190 cm³/mol. The average Bonchev–Trinajstić information content (AvgIpc) is 3.61. The summed E-state index contributed by atoms with van der Waals surface area (Å²) < 4.78 is 0. The van der Waals surface area contributed by atoms with Crippen LogP contribution >= 0.6 is 0 Å². The Bertz CT molecular complexity index is 2600. The Kier molecular flexibility index (Phi) is 5.27. The molecule has 3 nitrogen and oxygen atoms in total. The standard InChI is InChI=1S/C44H25N3/c1-45-32-19-14-27(15-20-32)30-16-21-35-36-22-17-31(41-23-18-29-13-12-28-7-6-24-46-42(28)43(29)47-41)26-40(36)44(39(35)25-30)37-10-4-2-8-33(37)34-9-3-5-11-38(34)44/h2-26H. The van der Waals surface area contributed by atoms with Gasteiger partial charge in [0.05, 0.1) is 28.7 Å². The van der Waals surface area contributed by atoms with Gasteiger partial charge in [-0.05, 0) is 79.9 Å². The van der Waals surface area contributed by atoms with Crippen LogP contribution in [0.25, 0.3) is 71.3 Å². The third kappa shape index (κ3) is 3.50. The van der Waals surface area contributed by atoms with Gasteiger partial charge in [0.25, 0.3) is 0 Å². The quantitative estimate of drug-likeness (QED) is 0.147. The maximum atomic E-state index is 7.41. The molecular formula is C44H25N3. The predicted octanol–water partition coefficient (Wildman–Crippen LogP) is 11.0. The van der Waals surface area contributed by atoms with Crippen molar-refractivity contribution in [2.24, 2.45) is 0 Å². The van der Waals surface area contributed by atoms with Gasteiger partial charge in [-0.1, -0.05) is 121 Å². The fourth-order valence-corrected chi connectivity index (χ4v) is 8.09. The Labute approximate surface area is 272 Å². The Morgan fingerprint density at radius 1 is 0.468 bits per heavy atom. The molecule has 216 valence electrons. The highest BCUT2D eigenvalue weighted by Crippen LogP contribution is 2.63. The van der Waals surface area contributed by atoms with E-state index in [0.717, 1.165) is 44.2 Å². The Balaban J connectivity index is 1.25. The molecule has 0 saturated carbocycles. The van der Waals surface area contributed by atoms with Crippen molar-refractivity contribution in [3.05, 3.63) is 185 Å². The van der Waals surface area contributed by atoms with Crippen molar-refractivity contribution >= 4 is 27.5 Å². The lowest BCUT2D eigenvalue weighted by Crippen LogP contribution is -2.26. The number of fused-ring (bicyclic) bond motifs is 13. The molecule has 3 heteroatoms. The number of rotatable bonds is 2. The summed E-state index contributed by atoms with van der Waals surface area (Å²) in [6, 6.07) is 52.1. The van der Waals surface area contributed by atoms with E-state index in [1.165, 1.54) is 44.5 Å². The second-order valence-corrected chi connectivity index (χ2v) is 12.4. The molecule has 2 aliphatic rings. The summed E-state index contributed by atoms with van der Waals surface area (Å²) in [7, 11) is 0. The lowest BCUT2D eigenvalue weighted by molar-refractivity contribution is 0.794. The van der Waals surface area contributed by atoms with E-state index in [1.807, 2.05) is 24.4 Å². The van der Waals surface area contributed by atoms with Gasteiger partial charge in [-0.3, -0.25) is 4.98 Å². The topological polar surface area (TPSA) is 30.1 Å². The van der Waals surface area contributed by atoms with Gasteiger partial charge >= 0.3 is 0 Å². The summed E-state index contributed by atoms with van der Waals surface area (Å²) >= 11 is 0. The van der Waals surface area contributed by atoms with Crippen LogP contribution in [0, 0.1) is 6.57 Å². The van der Waals surface area contributed by atoms with Crippen molar-refractivity contribution in [2.45, 2.75) is 5.41 Å². The minimum atomic E-state index is -0.481. The lowest BCUT2D eigenvalue weighted by atomic mass is 9.70. The van der Waals surface area contributed by atoms with E-state index in [-0.39, 0.29) is 0 Å². The molecule has 47 heavy (non-hydrogen) atoms. The highest BCUT2D eigenvalue weighted by molar-refractivity contribution is 6.03. The first kappa shape index (κ1) is 25.9. The van der Waals surface area contributed by atoms with Crippen molar-refractivity contribution in [3.63, 3.8) is 0 Å². The summed E-state index contributed by atoms with van der Waals surface area (Å²) in [5.41, 5.74) is 16.5. The van der Waals surface area contributed by atoms with Crippen LogP contribution in [0.3, 0.4) is 0 Å². The second-order valence-electron chi connectivity index (χ2n) is 12.4. The van der Waals surface area contributed by atoms with Gasteiger partial charge in [0, 0.05) is 22.5 Å². The van der Waals surface area contributed by atoms with Gasteiger partial charge in [0.1, 0.15) is 0 Å². The Morgan fingerprint density at radius 2 is 1.04 bits per heavy atom. The minimum Gasteiger partial charge on any atom is -0.254 e. The molecule has 2 heterocycles. The molecule has 2 aliphatic carbocycles. The Hall–Kier alpha value is -6.37. The molecule has 10 rings (SSSR count). The van der Waals surface area contributed by atoms with Crippen LogP contribution < -0.4 is 0 Å². The van der Waals surface area contributed by atoms with E-state index in [1.54, 1.807) is 0 Å². The number of hydrogen-bond acceptors (Lipinski definition) is 2. The molecule has 8 aromatic rings. The van der Waals surface area contributed by atoms with Crippen LogP contribution in [0.5, 0.6) is 0 Å². The summed E-state index contributed by atoms with van der Waals surface area (Å²) in [4.78, 5) is 13.5. The van der Waals surface area contributed by atoms with Crippen molar-refractivity contribution in [1.29, 1.82) is 0 Å². The van der Waals surface area contributed by atoms with Gasteiger partial charge in [-0.2, -0.15) is 0 Å². The molecular weight excluding hydrogens is 571 g/mol. The summed E-state index contributed by atoms with van der Waals surface area (Å²) in [6.45, 7) is 7.41. The molecule has 0 saturated heterocycles. The number of pyridine rings is 2. The van der Waals surface area contributed by atoms with Crippen molar-refractivity contribution in [3.8, 4) is 44.6 Å². The molecule has 0 radical (unpaired) electrons. The van der Waals surface area contributed by atoms with E-state index < -0.39 is 5.41 Å². The van der Waals surface area contributed by atoms with Crippen LogP contribution in [-0.2, 0) is 5.41 Å². The van der Waals surface area contributed by atoms with Crippen molar-refractivity contribution in [2.75, 3.05) is 0 Å². The van der Waals surface area contributed by atoms with Gasteiger partial charge in [-0.25, -0.2) is 9.83 Å². The van der Waals surface area contributed by atoms with Gasteiger partial charge in [0.15, 0.2) is 5.69 Å². The van der Waals surface area contributed by atoms with Crippen LogP contribution in [-0.4, -0.2) is 9.97 Å². The third-order valence-electron chi connectivity index (χ3n) is 10.1. The monoisotopic (exact) mass is 595 g/mol. The van der Waals surface area contributed by atoms with Gasteiger partial charge in [0.2, 0.25) is 0 Å². The first-order valence-electron chi connectivity index (χ1n) is 15.9. The molecule has 0 N–H and O–H groups in total. The van der Waals surface area contributed by atoms with Crippen molar-refractivity contribution < 1.29 is 0 Å². The Morgan fingerprint density at radius 3 is 1.74 bits per heavy atom. The maximum Gasteiger partial charge on any atom is 0.187 e. The van der Waals surface area contributed by atoms with Crippen LogP contribution in [0.15, 0.2) is 152 Å². The zero-order valence-electron chi connectivity index (χ0n) is 25.3. The zero-order chi connectivity index (χ0) is 31.1. The molecule has 0 unspecified atom stereocenters. The number of benzene rings is 6. The molecule has 0 fully saturated rings.